The number of nitrogens with one attached hydrogen (secondary N) is 1. The van der Waals surface area contributed by atoms with Crippen molar-refractivity contribution in [3.8, 4) is 11.5 Å². The van der Waals surface area contributed by atoms with Crippen LogP contribution in [0.4, 0.5) is 0 Å². The minimum atomic E-state index is -0.478. The summed E-state index contributed by atoms with van der Waals surface area (Å²) in [4.78, 5) is 23.9. The zero-order chi connectivity index (χ0) is 21.3. The SMILES string of the molecule is Cc1ccc(OCC(=O)NN=Cc2ccc(OC(=O)c3ccc(Cl)cc3)cc2)cc1. The van der Waals surface area contributed by atoms with Crippen molar-refractivity contribution < 1.29 is 19.1 Å². The van der Waals surface area contributed by atoms with Crippen LogP contribution >= 0.6 is 11.6 Å². The number of carbonyl (C=O) groups excluding carboxylic acids is 2. The third-order valence-electron chi connectivity index (χ3n) is 3.96. The second-order valence-electron chi connectivity index (χ2n) is 6.36. The van der Waals surface area contributed by atoms with Crippen LogP contribution in [-0.4, -0.2) is 24.7 Å². The quantitative estimate of drug-likeness (QED) is 0.265. The lowest BCUT2D eigenvalue weighted by atomic mass is 10.2. The van der Waals surface area contributed by atoms with E-state index in [2.05, 4.69) is 10.5 Å². The highest BCUT2D eigenvalue weighted by molar-refractivity contribution is 6.30. The summed E-state index contributed by atoms with van der Waals surface area (Å²) in [6.07, 6.45) is 1.48. The number of halogens is 1. The van der Waals surface area contributed by atoms with Gasteiger partial charge in [0.25, 0.3) is 5.91 Å². The Balaban J connectivity index is 1.45. The van der Waals surface area contributed by atoms with Crippen LogP contribution in [0.15, 0.2) is 77.9 Å². The van der Waals surface area contributed by atoms with Gasteiger partial charge in [-0.2, -0.15) is 5.10 Å². The summed E-state index contributed by atoms with van der Waals surface area (Å²) in [5, 5.41) is 4.43. The van der Waals surface area contributed by atoms with Gasteiger partial charge in [0.1, 0.15) is 11.5 Å². The highest BCUT2D eigenvalue weighted by Crippen LogP contribution is 2.15. The number of carbonyl (C=O) groups is 2. The van der Waals surface area contributed by atoms with E-state index in [1.54, 1.807) is 60.7 Å². The van der Waals surface area contributed by atoms with Crippen LogP contribution in [0, 0.1) is 6.92 Å². The van der Waals surface area contributed by atoms with E-state index in [0.29, 0.717) is 22.1 Å². The van der Waals surface area contributed by atoms with Crippen molar-refractivity contribution in [2.24, 2.45) is 5.10 Å². The first-order valence-electron chi connectivity index (χ1n) is 9.09. The first-order chi connectivity index (χ1) is 14.5. The molecule has 0 aliphatic carbocycles. The molecule has 152 valence electrons. The minimum Gasteiger partial charge on any atom is -0.484 e. The molecule has 0 aliphatic heterocycles. The highest BCUT2D eigenvalue weighted by Gasteiger charge is 2.08. The monoisotopic (exact) mass is 422 g/mol. The molecule has 7 heteroatoms. The van der Waals surface area contributed by atoms with Gasteiger partial charge in [-0.05, 0) is 73.2 Å². The molecule has 30 heavy (non-hydrogen) atoms. The van der Waals surface area contributed by atoms with Gasteiger partial charge in [0, 0.05) is 5.02 Å². The average Bonchev–Trinajstić information content (AvgIpc) is 2.75. The number of aryl methyl sites for hydroxylation is 1. The largest absolute Gasteiger partial charge is 0.484 e. The summed E-state index contributed by atoms with van der Waals surface area (Å²) in [7, 11) is 0. The molecule has 0 unspecified atom stereocenters. The van der Waals surface area contributed by atoms with Gasteiger partial charge in [-0.15, -0.1) is 0 Å². The molecule has 1 amide bonds. The maximum Gasteiger partial charge on any atom is 0.343 e. The number of amides is 1. The number of hydrazone groups is 1. The molecule has 0 atom stereocenters. The standard InChI is InChI=1S/C23H19ClN2O4/c1-16-2-10-20(11-3-16)29-15-22(27)26-25-14-17-4-12-21(13-5-17)30-23(28)18-6-8-19(24)9-7-18/h2-14H,15H2,1H3,(H,26,27). The van der Waals surface area contributed by atoms with E-state index in [-0.39, 0.29) is 12.5 Å². The molecular weight excluding hydrogens is 404 g/mol. The van der Waals surface area contributed by atoms with E-state index in [4.69, 9.17) is 21.1 Å². The van der Waals surface area contributed by atoms with E-state index in [9.17, 15) is 9.59 Å². The van der Waals surface area contributed by atoms with E-state index in [0.717, 1.165) is 11.1 Å². The van der Waals surface area contributed by atoms with Crippen molar-refractivity contribution >= 4 is 29.7 Å². The lowest BCUT2D eigenvalue weighted by Crippen LogP contribution is -2.24. The van der Waals surface area contributed by atoms with Gasteiger partial charge in [0.2, 0.25) is 0 Å². The Morgan fingerprint density at radius 3 is 2.23 bits per heavy atom. The molecule has 0 aliphatic rings. The second-order valence-corrected chi connectivity index (χ2v) is 6.80. The van der Waals surface area contributed by atoms with Crippen LogP contribution < -0.4 is 14.9 Å². The molecule has 3 rings (SSSR count). The van der Waals surface area contributed by atoms with Crippen molar-refractivity contribution in [3.05, 3.63) is 94.5 Å². The number of ether oxygens (including phenoxy) is 2. The van der Waals surface area contributed by atoms with E-state index >= 15 is 0 Å². The Hall–Kier alpha value is -3.64. The van der Waals surface area contributed by atoms with Gasteiger partial charge in [0.15, 0.2) is 6.61 Å². The van der Waals surface area contributed by atoms with Crippen LogP contribution in [0.1, 0.15) is 21.5 Å². The predicted molar refractivity (Wildman–Crippen MR) is 115 cm³/mol. The van der Waals surface area contributed by atoms with Crippen LogP contribution in [0.25, 0.3) is 0 Å². The number of hydrogen-bond acceptors (Lipinski definition) is 5. The third kappa shape index (κ3) is 6.46. The Kier molecular flexibility index (Phi) is 7.19. The topological polar surface area (TPSA) is 77.0 Å². The molecule has 0 radical (unpaired) electrons. The Morgan fingerprint density at radius 1 is 0.933 bits per heavy atom. The Labute approximate surface area is 179 Å². The molecular formula is C23H19ClN2O4. The number of benzene rings is 3. The lowest BCUT2D eigenvalue weighted by Gasteiger charge is -2.05. The fraction of sp³-hybridized carbons (Fsp3) is 0.0870. The van der Waals surface area contributed by atoms with Crippen molar-refractivity contribution in [1.82, 2.24) is 5.43 Å². The molecule has 1 N–H and O–H groups in total. The van der Waals surface area contributed by atoms with Crippen molar-refractivity contribution in [2.75, 3.05) is 6.61 Å². The molecule has 0 saturated carbocycles. The van der Waals surface area contributed by atoms with E-state index in [1.165, 1.54) is 6.21 Å². The number of hydrogen-bond donors (Lipinski definition) is 1. The minimum absolute atomic E-state index is 0.139. The maximum atomic E-state index is 12.1. The summed E-state index contributed by atoms with van der Waals surface area (Å²) in [5.41, 5.74) is 4.63. The summed E-state index contributed by atoms with van der Waals surface area (Å²) in [5.74, 6) is 0.153. The summed E-state index contributed by atoms with van der Waals surface area (Å²) in [6.45, 7) is 1.83. The van der Waals surface area contributed by atoms with E-state index < -0.39 is 5.97 Å². The summed E-state index contributed by atoms with van der Waals surface area (Å²) >= 11 is 5.81. The molecule has 0 spiro atoms. The van der Waals surface area contributed by atoms with Crippen LogP contribution in [-0.2, 0) is 4.79 Å². The van der Waals surface area contributed by atoms with Crippen molar-refractivity contribution in [3.63, 3.8) is 0 Å². The zero-order valence-corrected chi connectivity index (χ0v) is 16.9. The van der Waals surface area contributed by atoms with Gasteiger partial charge in [-0.3, -0.25) is 4.79 Å². The van der Waals surface area contributed by atoms with Gasteiger partial charge >= 0.3 is 5.97 Å². The fourth-order valence-electron chi connectivity index (χ4n) is 2.37. The van der Waals surface area contributed by atoms with Crippen LogP contribution in [0.3, 0.4) is 0 Å². The normalized spacial score (nSPS) is 10.6. The lowest BCUT2D eigenvalue weighted by molar-refractivity contribution is -0.123. The second kappa shape index (κ2) is 10.2. The number of esters is 1. The Bertz CT molecular complexity index is 1030. The first-order valence-corrected chi connectivity index (χ1v) is 9.46. The molecule has 0 heterocycles. The van der Waals surface area contributed by atoms with Crippen LogP contribution in [0.5, 0.6) is 11.5 Å². The highest BCUT2D eigenvalue weighted by atomic mass is 35.5. The summed E-state index contributed by atoms with van der Waals surface area (Å²) < 4.78 is 10.7. The summed E-state index contributed by atoms with van der Waals surface area (Å²) in [6, 6.07) is 20.5. The molecule has 0 fully saturated rings. The number of nitrogens with zero attached hydrogens (tertiary/aromatic N) is 1. The molecule has 3 aromatic rings. The molecule has 6 nitrogen and oxygen atoms in total. The average molecular weight is 423 g/mol. The van der Waals surface area contributed by atoms with Crippen LogP contribution in [0.2, 0.25) is 5.02 Å². The van der Waals surface area contributed by atoms with Gasteiger partial charge < -0.3 is 9.47 Å². The molecule has 0 saturated heterocycles. The molecule has 0 aromatic heterocycles. The first kappa shape index (κ1) is 21.1. The maximum absolute atomic E-state index is 12.1. The van der Waals surface area contributed by atoms with Crippen molar-refractivity contribution in [2.45, 2.75) is 6.92 Å². The molecule has 0 bridgehead atoms. The van der Waals surface area contributed by atoms with E-state index in [1.807, 2.05) is 19.1 Å². The predicted octanol–water partition coefficient (Wildman–Crippen LogP) is 4.40. The third-order valence-corrected chi connectivity index (χ3v) is 4.22. The molecule has 3 aromatic carbocycles. The van der Waals surface area contributed by atoms with Crippen molar-refractivity contribution in [1.29, 1.82) is 0 Å². The fourth-order valence-corrected chi connectivity index (χ4v) is 2.49. The van der Waals surface area contributed by atoms with Gasteiger partial charge in [0.05, 0.1) is 11.8 Å². The zero-order valence-electron chi connectivity index (χ0n) is 16.2. The van der Waals surface area contributed by atoms with Gasteiger partial charge in [-0.25, -0.2) is 10.2 Å². The number of rotatable bonds is 7. The van der Waals surface area contributed by atoms with Gasteiger partial charge in [-0.1, -0.05) is 29.3 Å². The smallest absolute Gasteiger partial charge is 0.343 e. The Morgan fingerprint density at radius 2 is 1.57 bits per heavy atom.